The molecule has 0 bridgehead atoms. The normalized spacial score (nSPS) is 10.8. The summed E-state index contributed by atoms with van der Waals surface area (Å²) in [6.45, 7) is 2.68. The van der Waals surface area contributed by atoms with Crippen molar-refractivity contribution in [1.29, 1.82) is 0 Å². The molecule has 0 saturated carbocycles. The highest BCUT2D eigenvalue weighted by molar-refractivity contribution is 7.71. The Hall–Kier alpha value is -3.33. The number of aromatic nitrogens is 2. The average molecular weight is 458 g/mol. The van der Waals surface area contributed by atoms with Crippen molar-refractivity contribution in [3.05, 3.63) is 51.0 Å². The van der Waals surface area contributed by atoms with Crippen molar-refractivity contribution in [2.75, 3.05) is 26.6 Å². The number of methoxy groups -OCH3 is 3. The summed E-state index contributed by atoms with van der Waals surface area (Å²) in [7, 11) is 4.52. The number of carbonyl (C=O) groups is 1. The van der Waals surface area contributed by atoms with Gasteiger partial charge in [-0.2, -0.15) is 0 Å². The average Bonchev–Trinajstić information content (AvgIpc) is 2.80. The lowest BCUT2D eigenvalue weighted by Gasteiger charge is -2.15. The fourth-order valence-electron chi connectivity index (χ4n) is 3.48. The van der Waals surface area contributed by atoms with Crippen LogP contribution in [-0.4, -0.2) is 36.8 Å². The van der Waals surface area contributed by atoms with Gasteiger partial charge in [-0.1, -0.05) is 19.8 Å². The molecule has 0 fully saturated rings. The van der Waals surface area contributed by atoms with Gasteiger partial charge in [0.2, 0.25) is 5.75 Å². The number of hydrogen-bond acceptors (Lipinski definition) is 6. The standard InChI is InChI=1S/C23H27N3O5S/c1-5-6-7-10-26-22(28)16-9-8-14(11-17(16)25-23(26)32)21(27)24-15-12-18(29-2)20(31-4)19(13-15)30-3/h8-9,11-13H,5-7,10H2,1-4H3,(H,24,27)(H,25,32). The number of hydrogen-bond donors (Lipinski definition) is 2. The van der Waals surface area contributed by atoms with E-state index in [1.807, 2.05) is 0 Å². The molecule has 8 nitrogen and oxygen atoms in total. The monoisotopic (exact) mass is 457 g/mol. The third-order valence-electron chi connectivity index (χ3n) is 5.15. The minimum atomic E-state index is -0.354. The van der Waals surface area contributed by atoms with Crippen molar-refractivity contribution in [3.8, 4) is 17.2 Å². The highest BCUT2D eigenvalue weighted by atomic mass is 32.1. The Kier molecular flexibility index (Phi) is 7.53. The molecule has 1 aromatic heterocycles. The first-order valence-electron chi connectivity index (χ1n) is 10.3. The number of benzene rings is 2. The van der Waals surface area contributed by atoms with Gasteiger partial charge in [0.1, 0.15) is 0 Å². The van der Waals surface area contributed by atoms with E-state index in [1.54, 1.807) is 34.9 Å². The van der Waals surface area contributed by atoms with Crippen molar-refractivity contribution in [2.24, 2.45) is 0 Å². The Balaban J connectivity index is 1.92. The molecule has 0 radical (unpaired) electrons. The summed E-state index contributed by atoms with van der Waals surface area (Å²) in [6, 6.07) is 8.16. The van der Waals surface area contributed by atoms with Crippen LogP contribution in [0.25, 0.3) is 10.9 Å². The molecule has 170 valence electrons. The lowest BCUT2D eigenvalue weighted by Crippen LogP contribution is -2.22. The van der Waals surface area contributed by atoms with Crippen LogP contribution in [0.2, 0.25) is 0 Å². The number of anilines is 1. The molecule has 1 amide bonds. The number of carbonyl (C=O) groups excluding carboxylic acids is 1. The van der Waals surface area contributed by atoms with E-state index >= 15 is 0 Å². The van der Waals surface area contributed by atoms with Crippen LogP contribution in [0.3, 0.4) is 0 Å². The fourth-order valence-corrected chi connectivity index (χ4v) is 3.76. The van der Waals surface area contributed by atoms with Crippen LogP contribution >= 0.6 is 12.2 Å². The van der Waals surface area contributed by atoms with Crippen molar-refractivity contribution in [3.63, 3.8) is 0 Å². The van der Waals surface area contributed by atoms with E-state index in [-0.39, 0.29) is 11.5 Å². The van der Waals surface area contributed by atoms with Gasteiger partial charge < -0.3 is 24.5 Å². The zero-order chi connectivity index (χ0) is 23.3. The minimum absolute atomic E-state index is 0.156. The maximum atomic E-state index is 12.9. The van der Waals surface area contributed by atoms with Crippen molar-refractivity contribution < 1.29 is 19.0 Å². The van der Waals surface area contributed by atoms with Crippen molar-refractivity contribution in [1.82, 2.24) is 9.55 Å². The number of ether oxygens (including phenoxy) is 3. The van der Waals surface area contributed by atoms with Crippen LogP contribution < -0.4 is 25.1 Å². The lowest BCUT2D eigenvalue weighted by molar-refractivity contribution is 0.102. The van der Waals surface area contributed by atoms with Gasteiger partial charge in [-0.25, -0.2) is 0 Å². The molecule has 0 atom stereocenters. The number of H-pyrrole nitrogens is 1. The SMILES string of the molecule is CCCCCn1c(=S)[nH]c2cc(C(=O)Nc3cc(OC)c(OC)c(OC)c3)ccc2c1=O. The van der Waals surface area contributed by atoms with Crippen LogP contribution in [0.1, 0.15) is 36.5 Å². The van der Waals surface area contributed by atoms with E-state index in [4.69, 9.17) is 26.4 Å². The van der Waals surface area contributed by atoms with E-state index < -0.39 is 0 Å². The smallest absolute Gasteiger partial charge is 0.262 e. The number of fused-ring (bicyclic) bond motifs is 1. The Morgan fingerprint density at radius 2 is 1.75 bits per heavy atom. The zero-order valence-corrected chi connectivity index (χ0v) is 19.4. The number of rotatable bonds is 9. The van der Waals surface area contributed by atoms with E-state index in [0.29, 0.717) is 50.7 Å². The van der Waals surface area contributed by atoms with Crippen molar-refractivity contribution >= 4 is 34.7 Å². The Morgan fingerprint density at radius 1 is 1.06 bits per heavy atom. The third-order valence-corrected chi connectivity index (χ3v) is 5.47. The largest absolute Gasteiger partial charge is 0.493 e. The first-order chi connectivity index (χ1) is 15.4. The maximum Gasteiger partial charge on any atom is 0.262 e. The third kappa shape index (κ3) is 4.77. The van der Waals surface area contributed by atoms with E-state index in [9.17, 15) is 9.59 Å². The molecular weight excluding hydrogens is 430 g/mol. The van der Waals surface area contributed by atoms with Crippen LogP contribution in [0.4, 0.5) is 5.69 Å². The first-order valence-corrected chi connectivity index (χ1v) is 10.7. The topological polar surface area (TPSA) is 94.6 Å². The molecule has 0 spiro atoms. The summed E-state index contributed by atoms with van der Waals surface area (Å²) in [5.74, 6) is 0.927. The molecule has 2 N–H and O–H groups in total. The predicted molar refractivity (Wildman–Crippen MR) is 127 cm³/mol. The summed E-state index contributed by atoms with van der Waals surface area (Å²) >= 11 is 5.38. The lowest BCUT2D eigenvalue weighted by atomic mass is 10.1. The van der Waals surface area contributed by atoms with Gasteiger partial charge in [0, 0.05) is 29.9 Å². The molecule has 0 aliphatic heterocycles. The van der Waals surface area contributed by atoms with Crippen LogP contribution in [-0.2, 0) is 6.54 Å². The fraction of sp³-hybridized carbons (Fsp3) is 0.348. The van der Waals surface area contributed by atoms with Gasteiger partial charge in [-0.15, -0.1) is 0 Å². The summed E-state index contributed by atoms with van der Waals surface area (Å²) in [5, 5.41) is 3.31. The molecule has 0 aliphatic carbocycles. The predicted octanol–water partition coefficient (Wildman–Crippen LogP) is 4.53. The molecular formula is C23H27N3O5S. The zero-order valence-electron chi connectivity index (χ0n) is 18.6. The molecule has 0 aliphatic rings. The molecule has 9 heteroatoms. The summed E-state index contributed by atoms with van der Waals surface area (Å²) in [4.78, 5) is 28.8. The van der Waals surface area contributed by atoms with E-state index in [2.05, 4.69) is 17.2 Å². The second-order valence-corrected chi connectivity index (χ2v) is 7.61. The van der Waals surface area contributed by atoms with E-state index in [1.165, 1.54) is 21.3 Å². The van der Waals surface area contributed by atoms with Crippen LogP contribution in [0, 0.1) is 4.77 Å². The van der Waals surface area contributed by atoms with Gasteiger partial charge >= 0.3 is 0 Å². The van der Waals surface area contributed by atoms with Crippen molar-refractivity contribution in [2.45, 2.75) is 32.7 Å². The number of aromatic amines is 1. The molecule has 3 aromatic rings. The number of unbranched alkanes of at least 4 members (excludes halogenated alkanes) is 2. The molecule has 3 rings (SSSR count). The summed E-state index contributed by atoms with van der Waals surface area (Å²) in [6.07, 6.45) is 2.97. The quantitative estimate of drug-likeness (QED) is 0.362. The maximum absolute atomic E-state index is 12.9. The summed E-state index contributed by atoms with van der Waals surface area (Å²) in [5.41, 5.74) is 1.21. The van der Waals surface area contributed by atoms with Gasteiger partial charge in [-0.05, 0) is 36.8 Å². The van der Waals surface area contributed by atoms with Gasteiger partial charge in [0.05, 0.1) is 32.2 Å². The van der Waals surface area contributed by atoms with Gasteiger partial charge in [0.25, 0.3) is 11.5 Å². The van der Waals surface area contributed by atoms with Crippen LogP contribution in [0.5, 0.6) is 17.2 Å². The second kappa shape index (κ2) is 10.3. The highest BCUT2D eigenvalue weighted by Crippen LogP contribution is 2.40. The summed E-state index contributed by atoms with van der Waals surface area (Å²) < 4.78 is 17.9. The van der Waals surface area contributed by atoms with Crippen LogP contribution in [0.15, 0.2) is 35.1 Å². The molecule has 0 unspecified atom stereocenters. The van der Waals surface area contributed by atoms with Gasteiger partial charge in [-0.3, -0.25) is 14.2 Å². The van der Waals surface area contributed by atoms with E-state index in [0.717, 1.165) is 19.3 Å². The van der Waals surface area contributed by atoms with Gasteiger partial charge in [0.15, 0.2) is 16.3 Å². The Morgan fingerprint density at radius 3 is 2.34 bits per heavy atom. The highest BCUT2D eigenvalue weighted by Gasteiger charge is 2.16. The second-order valence-electron chi connectivity index (χ2n) is 7.22. The first kappa shape index (κ1) is 23.3. The number of amides is 1. The minimum Gasteiger partial charge on any atom is -0.493 e. The molecule has 0 saturated heterocycles. The molecule has 2 aromatic carbocycles. The molecule has 1 heterocycles. The Labute approximate surface area is 191 Å². The Bertz CT molecular complexity index is 1220. The number of nitrogens with one attached hydrogen (secondary N) is 2. The number of nitrogens with zero attached hydrogens (tertiary/aromatic N) is 1. The molecule has 32 heavy (non-hydrogen) atoms.